The lowest BCUT2D eigenvalue weighted by atomic mass is 10.4. The molecule has 0 aromatic carbocycles. The van der Waals surface area contributed by atoms with E-state index < -0.39 is 9.83 Å². The molecule has 0 aliphatic heterocycles. The second-order valence-corrected chi connectivity index (χ2v) is 3.81. The Morgan fingerprint density at radius 3 is 2.11 bits per heavy atom. The summed E-state index contributed by atoms with van der Waals surface area (Å²) >= 11 is 16.0. The predicted molar refractivity (Wildman–Crippen MR) is 37.9 cm³/mol. The average Bonchev–Trinajstić information content (AvgIpc) is 1.64. The van der Waals surface area contributed by atoms with Crippen molar-refractivity contribution in [1.29, 1.82) is 0 Å². The molecule has 0 aromatic heterocycles. The van der Waals surface area contributed by atoms with E-state index in [0.717, 1.165) is 0 Å². The van der Waals surface area contributed by atoms with Crippen LogP contribution in [0.4, 0.5) is 0 Å². The van der Waals surface area contributed by atoms with E-state index in [1.807, 2.05) is 0 Å². The minimum atomic E-state index is -1.50. The molecule has 5 heteroatoms. The van der Waals surface area contributed by atoms with E-state index in [4.69, 9.17) is 34.8 Å². The molecule has 52 valence electrons. The van der Waals surface area contributed by atoms with Gasteiger partial charge in [0.2, 0.25) is 9.87 Å². The first-order valence-electron chi connectivity index (χ1n) is 2.12. The Morgan fingerprint density at radius 2 is 2.00 bits per heavy atom. The Balaban J connectivity index is 4.03. The smallest absolute Gasteiger partial charge is 0.211 e. The molecule has 0 aliphatic carbocycles. The quantitative estimate of drug-likeness (QED) is 0.352. The molecule has 0 spiro atoms. The van der Waals surface area contributed by atoms with Crippen molar-refractivity contribution in [2.75, 3.05) is 0 Å². The zero-order valence-corrected chi connectivity index (χ0v) is 6.83. The zero-order valence-electron chi connectivity index (χ0n) is 4.57. The maximum atomic E-state index is 9.59. The summed E-state index contributed by atoms with van der Waals surface area (Å²) in [5, 5.41) is 0. The van der Waals surface area contributed by atoms with Crippen LogP contribution in [0.15, 0.2) is 4.99 Å². The molecule has 0 bridgehead atoms. The van der Waals surface area contributed by atoms with Crippen LogP contribution in [-0.2, 0) is 4.79 Å². The van der Waals surface area contributed by atoms with Crippen molar-refractivity contribution in [1.82, 2.24) is 0 Å². The van der Waals surface area contributed by atoms with Gasteiger partial charge in [0.1, 0.15) is 6.04 Å². The second-order valence-electron chi connectivity index (χ2n) is 1.44. The number of aliphatic imine (C=N–C) groups is 1. The molecule has 0 saturated carbocycles. The van der Waals surface area contributed by atoms with Crippen LogP contribution in [0.5, 0.6) is 0 Å². The van der Waals surface area contributed by atoms with Crippen molar-refractivity contribution in [2.45, 2.75) is 16.8 Å². The standard InChI is InChI=1S/C4H4Cl3NO/c1-3(8-2-9)4(5,6)7/h3H,1H3. The molecule has 0 rings (SSSR count). The highest BCUT2D eigenvalue weighted by molar-refractivity contribution is 6.68. The first-order chi connectivity index (χ1) is 3.98. The minimum Gasteiger partial charge on any atom is -0.211 e. The highest BCUT2D eigenvalue weighted by atomic mass is 35.6. The van der Waals surface area contributed by atoms with Crippen molar-refractivity contribution < 1.29 is 4.79 Å². The summed E-state index contributed by atoms with van der Waals surface area (Å²) in [5.41, 5.74) is 0. The summed E-state index contributed by atoms with van der Waals surface area (Å²) in [5.74, 6) is 0. The molecule has 0 aliphatic rings. The van der Waals surface area contributed by atoms with E-state index in [-0.39, 0.29) is 0 Å². The average molecular weight is 188 g/mol. The number of rotatable bonds is 1. The first kappa shape index (κ1) is 9.25. The Labute approximate surface area is 67.8 Å². The normalized spacial score (nSPS) is 14.2. The Morgan fingerprint density at radius 1 is 1.56 bits per heavy atom. The molecule has 1 unspecified atom stereocenters. The molecule has 0 saturated heterocycles. The third kappa shape index (κ3) is 3.77. The van der Waals surface area contributed by atoms with Crippen LogP contribution in [0.2, 0.25) is 0 Å². The molecule has 0 heterocycles. The molecule has 0 fully saturated rings. The fourth-order valence-corrected chi connectivity index (χ4v) is 0.299. The third-order valence-electron chi connectivity index (χ3n) is 0.720. The minimum absolute atomic E-state index is 0.639. The van der Waals surface area contributed by atoms with Gasteiger partial charge in [-0.25, -0.2) is 4.79 Å². The summed E-state index contributed by atoms with van der Waals surface area (Å²) in [6, 6.07) is -0.639. The zero-order chi connectivity index (χ0) is 7.49. The number of hydrogen-bond donors (Lipinski definition) is 0. The third-order valence-corrected chi connectivity index (χ3v) is 1.67. The van der Waals surface area contributed by atoms with Gasteiger partial charge in [-0.05, 0) is 6.92 Å². The summed E-state index contributed by atoms with van der Waals surface area (Å²) in [4.78, 5) is 12.8. The number of nitrogens with zero attached hydrogens (tertiary/aromatic N) is 1. The van der Waals surface area contributed by atoms with Crippen LogP contribution in [0.25, 0.3) is 0 Å². The fourth-order valence-electron chi connectivity index (χ4n) is 0.152. The summed E-state index contributed by atoms with van der Waals surface area (Å²) < 4.78 is -1.50. The van der Waals surface area contributed by atoms with Gasteiger partial charge < -0.3 is 0 Å². The predicted octanol–water partition coefficient (Wildman–Crippen LogP) is 2.08. The molecule has 1 atom stereocenters. The van der Waals surface area contributed by atoms with Gasteiger partial charge in [0, 0.05) is 0 Å². The monoisotopic (exact) mass is 187 g/mol. The van der Waals surface area contributed by atoms with Crippen LogP contribution in [-0.4, -0.2) is 15.9 Å². The number of hydrogen-bond acceptors (Lipinski definition) is 2. The van der Waals surface area contributed by atoms with Crippen molar-refractivity contribution in [2.24, 2.45) is 4.99 Å². The molecule has 9 heavy (non-hydrogen) atoms. The van der Waals surface area contributed by atoms with E-state index in [9.17, 15) is 4.79 Å². The van der Waals surface area contributed by atoms with Crippen molar-refractivity contribution in [3.8, 4) is 0 Å². The van der Waals surface area contributed by atoms with Gasteiger partial charge in [0.15, 0.2) is 0 Å². The summed E-state index contributed by atoms with van der Waals surface area (Å²) in [7, 11) is 0. The van der Waals surface area contributed by atoms with Gasteiger partial charge in [-0.1, -0.05) is 34.8 Å². The van der Waals surface area contributed by atoms with Crippen LogP contribution in [0, 0.1) is 0 Å². The Kier molecular flexibility index (Phi) is 3.52. The van der Waals surface area contributed by atoms with Crippen molar-refractivity contribution in [3.63, 3.8) is 0 Å². The van der Waals surface area contributed by atoms with Gasteiger partial charge in [-0.15, -0.1) is 0 Å². The fraction of sp³-hybridized carbons (Fsp3) is 0.750. The van der Waals surface area contributed by atoms with Crippen LogP contribution in [0.1, 0.15) is 6.92 Å². The molecule has 0 N–H and O–H groups in total. The van der Waals surface area contributed by atoms with Crippen molar-refractivity contribution in [3.05, 3.63) is 0 Å². The molecule has 0 aromatic rings. The highest BCUT2D eigenvalue weighted by Crippen LogP contribution is 2.31. The SMILES string of the molecule is CC(N=C=O)C(Cl)(Cl)Cl. The number of alkyl halides is 3. The largest absolute Gasteiger partial charge is 0.235 e. The number of carbonyl (C=O) groups excluding carboxylic acids is 1. The van der Waals surface area contributed by atoms with Crippen molar-refractivity contribution >= 4 is 40.9 Å². The van der Waals surface area contributed by atoms with E-state index >= 15 is 0 Å². The maximum Gasteiger partial charge on any atom is 0.235 e. The van der Waals surface area contributed by atoms with Crippen LogP contribution in [0.3, 0.4) is 0 Å². The van der Waals surface area contributed by atoms with Gasteiger partial charge in [-0.2, -0.15) is 4.99 Å². The Hall–Kier alpha value is 0.250. The lowest BCUT2D eigenvalue weighted by Gasteiger charge is -2.12. The summed E-state index contributed by atoms with van der Waals surface area (Å²) in [6.07, 6.45) is 1.30. The summed E-state index contributed by atoms with van der Waals surface area (Å²) in [6.45, 7) is 1.51. The van der Waals surface area contributed by atoms with Gasteiger partial charge in [0.05, 0.1) is 0 Å². The van der Waals surface area contributed by atoms with E-state index in [0.29, 0.717) is 0 Å². The molecule has 0 amide bonds. The van der Waals surface area contributed by atoms with E-state index in [1.54, 1.807) is 0 Å². The Bertz CT molecular complexity index is 135. The number of halogens is 3. The molecule has 0 radical (unpaired) electrons. The molecular formula is C4H4Cl3NO. The van der Waals surface area contributed by atoms with Crippen LogP contribution < -0.4 is 0 Å². The number of isocyanates is 1. The highest BCUT2D eigenvalue weighted by Gasteiger charge is 2.27. The molecule has 2 nitrogen and oxygen atoms in total. The van der Waals surface area contributed by atoms with Crippen LogP contribution >= 0.6 is 34.8 Å². The van der Waals surface area contributed by atoms with E-state index in [1.165, 1.54) is 13.0 Å². The van der Waals surface area contributed by atoms with Gasteiger partial charge in [0.25, 0.3) is 0 Å². The van der Waals surface area contributed by atoms with Gasteiger partial charge in [-0.3, -0.25) is 0 Å². The first-order valence-corrected chi connectivity index (χ1v) is 3.25. The lowest BCUT2D eigenvalue weighted by molar-refractivity contribution is 0.558. The molecular weight excluding hydrogens is 184 g/mol. The lowest BCUT2D eigenvalue weighted by Crippen LogP contribution is -2.18. The second kappa shape index (κ2) is 3.43. The topological polar surface area (TPSA) is 29.4 Å². The van der Waals surface area contributed by atoms with Gasteiger partial charge >= 0.3 is 0 Å². The van der Waals surface area contributed by atoms with E-state index in [2.05, 4.69) is 4.99 Å². The maximum absolute atomic E-state index is 9.59.